The van der Waals surface area contributed by atoms with E-state index in [1.54, 1.807) is 26.2 Å². The van der Waals surface area contributed by atoms with Gasteiger partial charge in [-0.2, -0.15) is 0 Å². The molecule has 148 valence electrons. The number of piperazine rings is 1. The summed E-state index contributed by atoms with van der Waals surface area (Å²) < 4.78 is 16.5. The maximum atomic E-state index is 5.61. The molecule has 1 aliphatic heterocycles. The summed E-state index contributed by atoms with van der Waals surface area (Å²) >= 11 is 0. The van der Waals surface area contributed by atoms with Crippen molar-refractivity contribution in [3.05, 3.63) is 29.8 Å². The van der Waals surface area contributed by atoms with E-state index in [0.29, 0.717) is 0 Å². The Morgan fingerprint density at radius 3 is 2.07 bits per heavy atom. The zero-order chi connectivity index (χ0) is 18.8. The quantitative estimate of drug-likeness (QED) is 0.670. The molecule has 2 fully saturated rings. The fraction of sp³-hybridized carbons (Fsp3) is 0.636. The number of fused-ring (bicyclic) bond motifs is 2. The van der Waals surface area contributed by atoms with E-state index in [2.05, 4.69) is 18.2 Å². The molecule has 1 aromatic rings. The Morgan fingerprint density at radius 1 is 0.815 bits per heavy atom. The molecule has 3 atom stereocenters. The lowest BCUT2D eigenvalue weighted by atomic mass is 9.93. The Kier molecular flexibility index (Phi) is 5.60. The van der Waals surface area contributed by atoms with Crippen molar-refractivity contribution >= 4 is 0 Å². The van der Waals surface area contributed by atoms with Gasteiger partial charge in [-0.3, -0.25) is 0 Å². The van der Waals surface area contributed by atoms with Crippen molar-refractivity contribution in [2.45, 2.75) is 19.4 Å². The molecule has 0 spiro atoms. The minimum Gasteiger partial charge on any atom is -0.496 e. The maximum absolute atomic E-state index is 5.61. The van der Waals surface area contributed by atoms with Crippen LogP contribution in [0.25, 0.3) is 0 Å². The molecule has 2 N–H and O–H groups in total. The lowest BCUT2D eigenvalue weighted by molar-refractivity contribution is -1.02. The molecule has 3 aliphatic rings. The first-order valence-corrected chi connectivity index (χ1v) is 10.3. The van der Waals surface area contributed by atoms with Crippen LogP contribution in [0.3, 0.4) is 0 Å². The number of allylic oxidation sites excluding steroid dienone is 2. The van der Waals surface area contributed by atoms with Gasteiger partial charge < -0.3 is 24.0 Å². The van der Waals surface area contributed by atoms with Gasteiger partial charge in [-0.15, -0.1) is 0 Å². The SMILES string of the molecule is COc1cc(OC)c(OC)cc1C[NH+]1CC[NH+](C[C@H]2C[C@@H]3C=C[C@H]2C3)CC1. The van der Waals surface area contributed by atoms with Gasteiger partial charge in [-0.1, -0.05) is 12.2 Å². The molecule has 1 heterocycles. The van der Waals surface area contributed by atoms with Crippen molar-refractivity contribution in [1.29, 1.82) is 0 Å². The van der Waals surface area contributed by atoms with E-state index < -0.39 is 0 Å². The van der Waals surface area contributed by atoms with Crippen molar-refractivity contribution < 1.29 is 24.0 Å². The lowest BCUT2D eigenvalue weighted by Crippen LogP contribution is -3.27. The predicted octanol–water partition coefficient (Wildman–Crippen LogP) is 0.208. The van der Waals surface area contributed by atoms with Crippen LogP contribution >= 0.6 is 0 Å². The second kappa shape index (κ2) is 8.11. The van der Waals surface area contributed by atoms with E-state index in [4.69, 9.17) is 14.2 Å². The van der Waals surface area contributed by atoms with Crippen LogP contribution < -0.4 is 24.0 Å². The topological polar surface area (TPSA) is 36.6 Å². The van der Waals surface area contributed by atoms with Crippen LogP contribution in [0.5, 0.6) is 17.2 Å². The van der Waals surface area contributed by atoms with Crippen LogP contribution in [-0.2, 0) is 6.54 Å². The molecule has 1 aromatic carbocycles. The van der Waals surface area contributed by atoms with Gasteiger partial charge in [-0.25, -0.2) is 0 Å². The Labute approximate surface area is 162 Å². The zero-order valence-corrected chi connectivity index (χ0v) is 16.9. The third kappa shape index (κ3) is 3.94. The molecule has 2 bridgehead atoms. The fourth-order valence-corrected chi connectivity index (χ4v) is 5.34. The average Bonchev–Trinajstić information content (AvgIpc) is 3.32. The predicted molar refractivity (Wildman–Crippen MR) is 105 cm³/mol. The van der Waals surface area contributed by atoms with Crippen LogP contribution in [0.4, 0.5) is 0 Å². The van der Waals surface area contributed by atoms with Crippen molar-refractivity contribution in [3.8, 4) is 17.2 Å². The van der Waals surface area contributed by atoms with E-state index in [1.807, 2.05) is 11.0 Å². The number of rotatable bonds is 7. The second-order valence-electron chi connectivity index (χ2n) is 8.44. The summed E-state index contributed by atoms with van der Waals surface area (Å²) in [6, 6.07) is 4.02. The third-order valence-corrected chi connectivity index (χ3v) is 6.86. The molecule has 5 heteroatoms. The zero-order valence-electron chi connectivity index (χ0n) is 16.9. The molecule has 0 amide bonds. The van der Waals surface area contributed by atoms with E-state index in [0.717, 1.165) is 41.5 Å². The van der Waals surface area contributed by atoms with E-state index >= 15 is 0 Å². The molecular formula is C22H34N2O3+2. The maximum Gasteiger partial charge on any atom is 0.164 e. The van der Waals surface area contributed by atoms with E-state index in [-0.39, 0.29) is 0 Å². The van der Waals surface area contributed by atoms with Crippen LogP contribution in [-0.4, -0.2) is 54.1 Å². The van der Waals surface area contributed by atoms with Gasteiger partial charge >= 0.3 is 0 Å². The fourth-order valence-electron chi connectivity index (χ4n) is 5.34. The first-order chi connectivity index (χ1) is 13.2. The highest BCUT2D eigenvalue weighted by Crippen LogP contribution is 2.42. The summed E-state index contributed by atoms with van der Waals surface area (Å²) in [5.41, 5.74) is 1.20. The number of methoxy groups -OCH3 is 3. The Balaban J connectivity index is 1.33. The van der Waals surface area contributed by atoms with Gasteiger partial charge in [0.25, 0.3) is 0 Å². The lowest BCUT2D eigenvalue weighted by Gasteiger charge is -2.32. The normalized spacial score (nSPS) is 31.9. The molecule has 1 saturated heterocycles. The minimum atomic E-state index is 0.724. The van der Waals surface area contributed by atoms with Gasteiger partial charge in [0.15, 0.2) is 11.5 Å². The summed E-state index contributed by atoms with van der Waals surface area (Å²) in [5, 5.41) is 0. The highest BCUT2D eigenvalue weighted by molar-refractivity contribution is 5.50. The summed E-state index contributed by atoms with van der Waals surface area (Å²) in [6.07, 6.45) is 7.80. The summed E-state index contributed by atoms with van der Waals surface area (Å²) in [4.78, 5) is 3.45. The van der Waals surface area contributed by atoms with Crippen molar-refractivity contribution in [2.24, 2.45) is 17.8 Å². The Morgan fingerprint density at radius 2 is 1.48 bits per heavy atom. The first kappa shape index (κ1) is 18.6. The summed E-state index contributed by atoms with van der Waals surface area (Å²) in [7, 11) is 5.08. The summed E-state index contributed by atoms with van der Waals surface area (Å²) in [6.45, 7) is 7.37. The Bertz CT molecular complexity index is 682. The van der Waals surface area contributed by atoms with E-state index in [1.165, 1.54) is 51.1 Å². The number of nitrogens with one attached hydrogen (secondary N) is 2. The van der Waals surface area contributed by atoms with Crippen LogP contribution in [0.1, 0.15) is 18.4 Å². The van der Waals surface area contributed by atoms with Crippen molar-refractivity contribution in [2.75, 3.05) is 54.1 Å². The molecular weight excluding hydrogens is 340 g/mol. The standard InChI is InChI=1S/C22H32N2O3/c1-25-20-13-22(27-3)21(26-2)12-19(20)15-24-8-6-23(7-9-24)14-18-11-16-4-5-17(18)10-16/h4-5,12-13,16-18H,6-11,14-15H2,1-3H3/p+2/t16-,17+,18-/m1/s1. The smallest absolute Gasteiger partial charge is 0.164 e. The third-order valence-electron chi connectivity index (χ3n) is 6.86. The van der Waals surface area contributed by atoms with Crippen molar-refractivity contribution in [1.82, 2.24) is 0 Å². The minimum absolute atomic E-state index is 0.724. The number of ether oxygens (including phenoxy) is 3. The largest absolute Gasteiger partial charge is 0.496 e. The Hall–Kier alpha value is -1.72. The van der Waals surface area contributed by atoms with Crippen LogP contribution in [0, 0.1) is 17.8 Å². The number of hydrogen-bond donors (Lipinski definition) is 2. The van der Waals surface area contributed by atoms with Gasteiger partial charge in [0.1, 0.15) is 38.5 Å². The molecule has 0 aromatic heterocycles. The number of quaternary nitrogens is 2. The summed E-state index contributed by atoms with van der Waals surface area (Å²) in [5.74, 6) is 5.10. The molecule has 4 rings (SSSR count). The molecule has 0 radical (unpaired) electrons. The molecule has 2 aliphatic carbocycles. The van der Waals surface area contributed by atoms with Gasteiger partial charge in [-0.05, 0) is 30.7 Å². The highest BCUT2D eigenvalue weighted by atomic mass is 16.5. The average molecular weight is 375 g/mol. The van der Waals surface area contributed by atoms with Gasteiger partial charge in [0, 0.05) is 12.0 Å². The number of hydrogen-bond acceptors (Lipinski definition) is 3. The van der Waals surface area contributed by atoms with Gasteiger partial charge in [0.2, 0.25) is 0 Å². The molecule has 27 heavy (non-hydrogen) atoms. The van der Waals surface area contributed by atoms with Crippen molar-refractivity contribution in [3.63, 3.8) is 0 Å². The molecule has 5 nitrogen and oxygen atoms in total. The molecule has 1 saturated carbocycles. The number of benzene rings is 1. The second-order valence-corrected chi connectivity index (χ2v) is 8.44. The monoisotopic (exact) mass is 374 g/mol. The van der Waals surface area contributed by atoms with Gasteiger partial charge in [0.05, 0.1) is 33.4 Å². The van der Waals surface area contributed by atoms with Crippen LogP contribution in [0.15, 0.2) is 24.3 Å². The highest BCUT2D eigenvalue weighted by Gasteiger charge is 2.38. The van der Waals surface area contributed by atoms with Crippen LogP contribution in [0.2, 0.25) is 0 Å². The molecule has 0 unspecified atom stereocenters. The first-order valence-electron chi connectivity index (χ1n) is 10.3. The van der Waals surface area contributed by atoms with E-state index in [9.17, 15) is 0 Å².